The van der Waals surface area contributed by atoms with Crippen molar-refractivity contribution < 1.29 is 4.79 Å². The van der Waals surface area contributed by atoms with Gasteiger partial charge in [0, 0.05) is 19.6 Å². The third kappa shape index (κ3) is 7.50. The Morgan fingerprint density at radius 2 is 1.50 bits per heavy atom. The maximum atomic E-state index is 13.4. The Morgan fingerprint density at radius 3 is 2.21 bits per heavy atom. The van der Waals surface area contributed by atoms with Gasteiger partial charge in [0.2, 0.25) is 5.91 Å². The molecule has 0 aromatic heterocycles. The zero-order valence-corrected chi connectivity index (χ0v) is 19.8. The molecule has 8 nitrogen and oxygen atoms in total. The first-order chi connectivity index (χ1) is 16.4. The monoisotopic (exact) mass is 463 g/mol. The normalized spacial score (nSPS) is 17.6. The first kappa shape index (κ1) is 25.1. The zero-order chi connectivity index (χ0) is 24.3. The van der Waals surface area contributed by atoms with Gasteiger partial charge in [-0.15, -0.1) is 0 Å². The summed E-state index contributed by atoms with van der Waals surface area (Å²) < 4.78 is 0. The molecular weight excluding hydrogens is 426 g/mol. The van der Waals surface area contributed by atoms with E-state index in [9.17, 15) is 4.79 Å². The number of aliphatic imine (C=N–C) groups is 2. The number of unbranched alkanes of at least 4 members (excludes halogenated alkanes) is 2. The molecule has 0 spiro atoms. The molecular formula is C26H37N7O. The predicted molar refractivity (Wildman–Crippen MR) is 140 cm³/mol. The Balaban J connectivity index is 1.67. The number of rotatable bonds is 12. The van der Waals surface area contributed by atoms with E-state index in [2.05, 4.69) is 58.5 Å². The van der Waals surface area contributed by atoms with Crippen LogP contribution in [-0.4, -0.2) is 48.4 Å². The van der Waals surface area contributed by atoms with Gasteiger partial charge in [-0.1, -0.05) is 61.0 Å². The van der Waals surface area contributed by atoms with E-state index in [1.54, 1.807) is 0 Å². The zero-order valence-electron chi connectivity index (χ0n) is 19.8. The molecule has 1 aliphatic heterocycles. The number of carbonyl (C=O) groups excluding carboxylic acids is 1. The highest BCUT2D eigenvalue weighted by molar-refractivity contribution is 5.84. The van der Waals surface area contributed by atoms with Gasteiger partial charge in [-0.3, -0.25) is 14.8 Å². The van der Waals surface area contributed by atoms with Crippen LogP contribution in [0.25, 0.3) is 10.8 Å². The van der Waals surface area contributed by atoms with Crippen molar-refractivity contribution in [2.45, 2.75) is 44.6 Å². The van der Waals surface area contributed by atoms with Crippen molar-refractivity contribution in [2.24, 2.45) is 38.8 Å². The first-order valence-corrected chi connectivity index (χ1v) is 12.0. The van der Waals surface area contributed by atoms with E-state index in [1.165, 1.54) is 16.3 Å². The lowest BCUT2D eigenvalue weighted by Gasteiger charge is -2.36. The minimum atomic E-state index is -0.107. The number of hydrogen-bond acceptors (Lipinski definition) is 3. The molecule has 8 heteroatoms. The van der Waals surface area contributed by atoms with Crippen LogP contribution in [0.1, 0.15) is 37.7 Å². The second-order valence-electron chi connectivity index (χ2n) is 8.79. The number of nitrogens with two attached hydrogens (primary N) is 4. The van der Waals surface area contributed by atoms with Crippen LogP contribution in [0.4, 0.5) is 0 Å². The predicted octanol–water partition coefficient (Wildman–Crippen LogP) is 2.26. The second-order valence-corrected chi connectivity index (χ2v) is 8.79. The number of carbonyl (C=O) groups is 1. The Labute approximate surface area is 201 Å². The van der Waals surface area contributed by atoms with Gasteiger partial charge in [-0.25, -0.2) is 0 Å². The van der Waals surface area contributed by atoms with Crippen molar-refractivity contribution in [3.8, 4) is 0 Å². The highest BCUT2D eigenvalue weighted by atomic mass is 16.2. The molecule has 0 bridgehead atoms. The van der Waals surface area contributed by atoms with Gasteiger partial charge in [-0.05, 0) is 48.4 Å². The van der Waals surface area contributed by atoms with E-state index in [1.807, 2.05) is 11.0 Å². The summed E-state index contributed by atoms with van der Waals surface area (Å²) in [5.74, 6) is 0.297. The summed E-state index contributed by atoms with van der Waals surface area (Å²) >= 11 is 0. The van der Waals surface area contributed by atoms with Crippen LogP contribution in [0.2, 0.25) is 0 Å². The minimum Gasteiger partial charge on any atom is -0.370 e. The smallest absolute Gasteiger partial charge is 0.229 e. The van der Waals surface area contributed by atoms with Crippen molar-refractivity contribution in [3.05, 3.63) is 60.2 Å². The van der Waals surface area contributed by atoms with Crippen LogP contribution < -0.4 is 22.9 Å². The molecule has 0 fully saturated rings. The van der Waals surface area contributed by atoms with Crippen LogP contribution in [0.3, 0.4) is 0 Å². The van der Waals surface area contributed by atoms with Crippen LogP contribution in [-0.2, 0) is 11.2 Å². The average molecular weight is 464 g/mol. The van der Waals surface area contributed by atoms with Crippen molar-refractivity contribution >= 4 is 28.6 Å². The summed E-state index contributed by atoms with van der Waals surface area (Å²) in [7, 11) is 0. The molecule has 3 rings (SSSR count). The quantitative estimate of drug-likeness (QED) is 0.165. The standard InChI is InChI=1S/C26H37N7O/c27-25(28)31-14-4-3-8-21-12-13-23(33(24(21)34)16-6-5-15-32-26(29)30)18-19-10-11-20-7-1-2-9-22(20)17-19/h1-2,7,9-13,17,21,23H,3-6,8,14-16,18H2,(H4,27,28,31)(H4,29,30,32)/t21-,23+/m0/s1. The largest absolute Gasteiger partial charge is 0.370 e. The molecule has 1 amide bonds. The lowest BCUT2D eigenvalue weighted by molar-refractivity contribution is -0.136. The van der Waals surface area contributed by atoms with Gasteiger partial charge in [0.05, 0.1) is 12.0 Å². The maximum absolute atomic E-state index is 13.4. The molecule has 0 unspecified atom stereocenters. The molecule has 182 valence electrons. The van der Waals surface area contributed by atoms with Gasteiger partial charge < -0.3 is 27.8 Å². The number of guanidine groups is 2. The van der Waals surface area contributed by atoms with Crippen LogP contribution >= 0.6 is 0 Å². The second kappa shape index (κ2) is 12.6. The maximum Gasteiger partial charge on any atom is 0.229 e. The Hall–Kier alpha value is -3.55. The Bertz CT molecular complexity index is 1040. The van der Waals surface area contributed by atoms with Crippen molar-refractivity contribution in [1.29, 1.82) is 0 Å². The fourth-order valence-corrected chi connectivity index (χ4v) is 4.39. The molecule has 0 aliphatic carbocycles. The van der Waals surface area contributed by atoms with Gasteiger partial charge in [0.25, 0.3) is 0 Å². The highest BCUT2D eigenvalue weighted by Crippen LogP contribution is 2.25. The van der Waals surface area contributed by atoms with E-state index < -0.39 is 0 Å². The number of benzene rings is 2. The summed E-state index contributed by atoms with van der Waals surface area (Å²) in [6.45, 7) is 1.85. The average Bonchev–Trinajstić information content (AvgIpc) is 2.81. The van der Waals surface area contributed by atoms with Gasteiger partial charge in [0.15, 0.2) is 11.9 Å². The van der Waals surface area contributed by atoms with Gasteiger partial charge >= 0.3 is 0 Å². The SMILES string of the molecule is NC(N)=NCCCC[C@H]1C=C[C@H](Cc2ccc3ccccc3c2)N(CCCCN=C(N)N)C1=O. The van der Waals surface area contributed by atoms with Gasteiger partial charge in [-0.2, -0.15) is 0 Å². The lowest BCUT2D eigenvalue weighted by Crippen LogP contribution is -2.46. The molecule has 0 radical (unpaired) electrons. The summed E-state index contributed by atoms with van der Waals surface area (Å²) in [6.07, 6.45) is 9.30. The van der Waals surface area contributed by atoms with Crippen LogP contribution in [0.15, 0.2) is 64.6 Å². The first-order valence-electron chi connectivity index (χ1n) is 12.0. The molecule has 34 heavy (non-hydrogen) atoms. The Morgan fingerprint density at radius 1 is 0.824 bits per heavy atom. The number of hydrogen-bond donors (Lipinski definition) is 4. The van der Waals surface area contributed by atoms with E-state index >= 15 is 0 Å². The van der Waals surface area contributed by atoms with Crippen molar-refractivity contribution in [1.82, 2.24) is 4.90 Å². The topological polar surface area (TPSA) is 149 Å². The Kier molecular flexibility index (Phi) is 9.31. The number of nitrogens with zero attached hydrogens (tertiary/aromatic N) is 3. The van der Waals surface area contributed by atoms with Crippen LogP contribution in [0, 0.1) is 5.92 Å². The van der Waals surface area contributed by atoms with E-state index in [0.29, 0.717) is 19.6 Å². The molecule has 0 saturated carbocycles. The van der Waals surface area contributed by atoms with Crippen LogP contribution in [0.5, 0.6) is 0 Å². The third-order valence-electron chi connectivity index (χ3n) is 6.14. The molecule has 1 heterocycles. The fraction of sp³-hybridized carbons (Fsp3) is 0.423. The fourth-order valence-electron chi connectivity index (χ4n) is 4.39. The highest BCUT2D eigenvalue weighted by Gasteiger charge is 2.30. The lowest BCUT2D eigenvalue weighted by atomic mass is 9.91. The molecule has 0 saturated heterocycles. The number of amides is 1. The third-order valence-corrected chi connectivity index (χ3v) is 6.14. The molecule has 8 N–H and O–H groups in total. The summed E-state index contributed by atoms with van der Waals surface area (Å²) in [6, 6.07) is 14.9. The van der Waals surface area contributed by atoms with E-state index in [0.717, 1.165) is 38.5 Å². The van der Waals surface area contributed by atoms with Crippen molar-refractivity contribution in [3.63, 3.8) is 0 Å². The van der Waals surface area contributed by atoms with Gasteiger partial charge in [0.1, 0.15) is 0 Å². The molecule has 2 aromatic carbocycles. The van der Waals surface area contributed by atoms with Crippen molar-refractivity contribution in [2.75, 3.05) is 19.6 Å². The summed E-state index contributed by atoms with van der Waals surface area (Å²) in [5, 5.41) is 2.44. The molecule has 2 atom stereocenters. The minimum absolute atomic E-state index is 0.0367. The summed E-state index contributed by atoms with van der Waals surface area (Å²) in [5.41, 5.74) is 22.8. The number of fused-ring (bicyclic) bond motifs is 1. The molecule has 1 aliphatic rings. The summed E-state index contributed by atoms with van der Waals surface area (Å²) in [4.78, 5) is 23.5. The molecule has 2 aromatic rings. The van der Waals surface area contributed by atoms with E-state index in [-0.39, 0.29) is 29.8 Å². The van der Waals surface area contributed by atoms with E-state index in [4.69, 9.17) is 22.9 Å².